The number of halogens is 2. The van der Waals surface area contributed by atoms with E-state index in [2.05, 4.69) is 16.5 Å². The summed E-state index contributed by atoms with van der Waals surface area (Å²) in [5.41, 5.74) is 7.73. The number of aryl methyl sites for hydroxylation is 1. The van der Waals surface area contributed by atoms with Crippen LogP contribution in [0.2, 0.25) is 10.0 Å². The number of benzene rings is 5. The van der Waals surface area contributed by atoms with E-state index in [1.54, 1.807) is 30.5 Å². The van der Waals surface area contributed by atoms with Gasteiger partial charge >= 0.3 is 5.97 Å². The molecule has 0 saturated heterocycles. The van der Waals surface area contributed by atoms with Gasteiger partial charge in [-0.2, -0.15) is 5.26 Å². The molecule has 0 fully saturated rings. The molecule has 1 unspecified atom stereocenters. The minimum absolute atomic E-state index is 0.0944. The fourth-order valence-electron chi connectivity index (χ4n) is 7.33. The highest BCUT2D eigenvalue weighted by atomic mass is 35.5. The van der Waals surface area contributed by atoms with Crippen LogP contribution in [0.3, 0.4) is 0 Å². The van der Waals surface area contributed by atoms with Crippen molar-refractivity contribution in [3.63, 3.8) is 0 Å². The van der Waals surface area contributed by atoms with Crippen LogP contribution in [-0.4, -0.2) is 45.7 Å². The van der Waals surface area contributed by atoms with Crippen LogP contribution in [0.1, 0.15) is 50.8 Å². The van der Waals surface area contributed by atoms with Crippen LogP contribution < -0.4 is 19.5 Å². The first-order chi connectivity index (χ1) is 28.6. The van der Waals surface area contributed by atoms with Crippen molar-refractivity contribution in [2.45, 2.75) is 57.6 Å². The SMILES string of the molecule is Cc1oncc1CN1Cc2cc3c(cc2CC1C(=O)N[C@@H](Cc1ccc(-c2ccc(C#N)cc2)cc1)C(=O)O)OC[C@H](c1ccc(OCc2ccc(Cl)c(Cl)c2)cc1)O3. The van der Waals surface area contributed by atoms with Crippen LogP contribution >= 0.6 is 23.2 Å². The zero-order valence-electron chi connectivity index (χ0n) is 31.9. The van der Waals surface area contributed by atoms with Crippen molar-refractivity contribution in [3.05, 3.63) is 164 Å². The molecule has 1 amide bonds. The summed E-state index contributed by atoms with van der Waals surface area (Å²) in [4.78, 5) is 28.7. The van der Waals surface area contributed by atoms with Crippen molar-refractivity contribution in [2.75, 3.05) is 6.61 Å². The molecule has 0 bridgehead atoms. The third-order valence-corrected chi connectivity index (χ3v) is 11.4. The van der Waals surface area contributed by atoms with E-state index < -0.39 is 24.0 Å². The van der Waals surface area contributed by atoms with Gasteiger partial charge in [0.1, 0.15) is 30.8 Å². The second kappa shape index (κ2) is 17.3. The maximum atomic E-state index is 14.1. The van der Waals surface area contributed by atoms with Gasteiger partial charge in [0, 0.05) is 25.1 Å². The lowest BCUT2D eigenvalue weighted by Crippen LogP contribution is -2.54. The molecule has 0 spiro atoms. The van der Waals surface area contributed by atoms with Crippen molar-refractivity contribution >= 4 is 35.1 Å². The van der Waals surface area contributed by atoms with Crippen LogP contribution in [0.4, 0.5) is 0 Å². The highest BCUT2D eigenvalue weighted by Crippen LogP contribution is 2.41. The Morgan fingerprint density at radius 2 is 1.64 bits per heavy atom. The van der Waals surface area contributed by atoms with E-state index in [1.165, 1.54) is 0 Å². The third-order valence-electron chi connectivity index (χ3n) is 10.7. The van der Waals surface area contributed by atoms with E-state index in [1.807, 2.05) is 90.7 Å². The van der Waals surface area contributed by atoms with Gasteiger partial charge in [-0.25, -0.2) is 4.79 Å². The van der Waals surface area contributed by atoms with Gasteiger partial charge in [0.05, 0.1) is 33.9 Å². The normalized spacial score (nSPS) is 16.4. The smallest absolute Gasteiger partial charge is 0.326 e. The maximum Gasteiger partial charge on any atom is 0.326 e. The monoisotopic (exact) mass is 828 g/mol. The number of hydrogen-bond acceptors (Lipinski definition) is 9. The third kappa shape index (κ3) is 9.06. The lowest BCUT2D eigenvalue weighted by atomic mass is 9.91. The Morgan fingerprint density at radius 1 is 0.932 bits per heavy atom. The average Bonchev–Trinajstić information content (AvgIpc) is 3.66. The summed E-state index contributed by atoms with van der Waals surface area (Å²) in [7, 11) is 0. The van der Waals surface area contributed by atoms with Gasteiger partial charge in [-0.3, -0.25) is 9.69 Å². The summed E-state index contributed by atoms with van der Waals surface area (Å²) in [6.07, 6.45) is 1.69. The van der Waals surface area contributed by atoms with Crippen LogP contribution in [0.25, 0.3) is 11.1 Å². The van der Waals surface area contributed by atoms with Crippen molar-refractivity contribution in [1.82, 2.24) is 15.4 Å². The van der Waals surface area contributed by atoms with Crippen molar-refractivity contribution in [3.8, 4) is 34.4 Å². The van der Waals surface area contributed by atoms with E-state index in [9.17, 15) is 14.7 Å². The predicted octanol–water partition coefficient (Wildman–Crippen LogP) is 8.66. The minimum atomic E-state index is -1.16. The summed E-state index contributed by atoms with van der Waals surface area (Å²) < 4.78 is 24.0. The Bertz CT molecular complexity index is 2540. The number of nitrogens with zero attached hydrogens (tertiary/aromatic N) is 3. The van der Waals surface area contributed by atoms with Gasteiger partial charge in [-0.15, -0.1) is 0 Å². The first kappa shape index (κ1) is 39.5. The molecule has 59 heavy (non-hydrogen) atoms. The number of nitriles is 1. The number of aliphatic carboxylic acids is 1. The number of ether oxygens (including phenoxy) is 3. The van der Waals surface area contributed by atoms with Crippen LogP contribution in [0.5, 0.6) is 17.2 Å². The molecule has 298 valence electrons. The topological polar surface area (TPSA) is 147 Å². The molecule has 3 heterocycles. The number of carboxylic acids is 1. The van der Waals surface area contributed by atoms with E-state index >= 15 is 0 Å². The molecule has 2 N–H and O–H groups in total. The summed E-state index contributed by atoms with van der Waals surface area (Å²) in [5, 5.41) is 27.1. The molecule has 5 aromatic carbocycles. The van der Waals surface area contributed by atoms with Gasteiger partial charge in [-0.1, -0.05) is 83.0 Å². The molecule has 3 atom stereocenters. The average molecular weight is 830 g/mol. The quantitative estimate of drug-likeness (QED) is 0.123. The van der Waals surface area contributed by atoms with Gasteiger partial charge in [0.25, 0.3) is 0 Å². The Hall–Kier alpha value is -6.32. The molecule has 0 saturated carbocycles. The molecule has 0 radical (unpaired) electrons. The number of nitrogens with one attached hydrogen (secondary N) is 1. The van der Waals surface area contributed by atoms with E-state index in [-0.39, 0.29) is 19.1 Å². The number of amides is 1. The Morgan fingerprint density at radius 3 is 2.32 bits per heavy atom. The molecular formula is C46H38Cl2N4O7. The first-order valence-corrected chi connectivity index (χ1v) is 19.7. The first-order valence-electron chi connectivity index (χ1n) is 19.0. The van der Waals surface area contributed by atoms with Crippen molar-refractivity contribution < 1.29 is 33.4 Å². The molecule has 1 aromatic heterocycles. The molecule has 2 aliphatic heterocycles. The number of rotatable bonds is 12. The van der Waals surface area contributed by atoms with Crippen LogP contribution in [0.15, 0.2) is 114 Å². The highest BCUT2D eigenvalue weighted by Gasteiger charge is 2.36. The summed E-state index contributed by atoms with van der Waals surface area (Å²) in [5.74, 6) is 0.977. The van der Waals surface area contributed by atoms with Crippen molar-refractivity contribution in [1.29, 1.82) is 5.26 Å². The summed E-state index contributed by atoms with van der Waals surface area (Å²) >= 11 is 12.2. The van der Waals surface area contributed by atoms with Crippen LogP contribution in [-0.2, 0) is 42.1 Å². The highest BCUT2D eigenvalue weighted by molar-refractivity contribution is 6.42. The number of aromatic nitrogens is 1. The zero-order valence-corrected chi connectivity index (χ0v) is 33.4. The largest absolute Gasteiger partial charge is 0.489 e. The second-order valence-electron chi connectivity index (χ2n) is 14.6. The number of carboxylic acid groups (broad SMARTS) is 1. The lowest BCUT2D eigenvalue weighted by Gasteiger charge is -2.37. The molecule has 11 nitrogen and oxygen atoms in total. The molecule has 0 aliphatic carbocycles. The fourth-order valence-corrected chi connectivity index (χ4v) is 7.65. The van der Waals surface area contributed by atoms with Crippen LogP contribution in [0, 0.1) is 18.3 Å². The number of fused-ring (bicyclic) bond motifs is 2. The zero-order chi connectivity index (χ0) is 41.0. The van der Waals surface area contributed by atoms with E-state index in [0.29, 0.717) is 64.7 Å². The Labute approximate surface area is 350 Å². The Kier molecular flexibility index (Phi) is 11.6. The predicted molar refractivity (Wildman–Crippen MR) is 220 cm³/mol. The number of hydrogen-bond donors (Lipinski definition) is 2. The molecule has 2 aliphatic rings. The number of carbonyl (C=O) groups is 2. The molecule has 13 heteroatoms. The Balaban J connectivity index is 0.957. The maximum absolute atomic E-state index is 14.1. The van der Waals surface area contributed by atoms with Gasteiger partial charge in [-0.05, 0) is 101 Å². The van der Waals surface area contributed by atoms with Gasteiger partial charge in [0.15, 0.2) is 17.6 Å². The van der Waals surface area contributed by atoms with Gasteiger partial charge < -0.3 is 29.2 Å². The second-order valence-corrected chi connectivity index (χ2v) is 15.4. The standard InChI is InChI=1S/C46H38Cl2N4O7/c1-27-36(22-50-59-27)24-52-23-35-20-43-42(57-26-44(58-43)33-11-13-37(14-12-33)56-25-30-6-15-38(47)39(48)16-30)19-34(35)18-41(52)45(53)51-40(46(54)55)17-28-2-7-31(8-3-28)32-9-4-29(21-49)5-10-32/h2-16,19-20,22,40-41,44H,17-18,23-26H2,1H3,(H,51,53)(H,54,55)/t40-,41?,44+/m0/s1. The van der Waals surface area contributed by atoms with Gasteiger partial charge in [0.2, 0.25) is 5.91 Å². The molecule has 8 rings (SSSR count). The number of carbonyl (C=O) groups excluding carboxylic acids is 1. The minimum Gasteiger partial charge on any atom is -0.489 e. The fraction of sp³-hybridized carbons (Fsp3) is 0.217. The summed E-state index contributed by atoms with van der Waals surface area (Å²) in [6, 6.07) is 32.0. The van der Waals surface area contributed by atoms with E-state index in [0.717, 1.165) is 44.5 Å². The molecule has 6 aromatic rings. The molecular weight excluding hydrogens is 791 g/mol. The summed E-state index contributed by atoms with van der Waals surface area (Å²) in [6.45, 7) is 3.19. The lowest BCUT2D eigenvalue weighted by molar-refractivity contribution is -0.142. The van der Waals surface area contributed by atoms with E-state index in [4.69, 9.17) is 47.2 Å². The van der Waals surface area contributed by atoms with Crippen molar-refractivity contribution in [2.24, 2.45) is 0 Å².